The van der Waals surface area contributed by atoms with E-state index in [9.17, 15) is 0 Å². The maximum atomic E-state index is 4.08. The zero-order chi connectivity index (χ0) is 21.5. The monoisotopic (exact) mass is 407 g/mol. The van der Waals surface area contributed by atoms with Crippen LogP contribution in [0.15, 0.2) is 66.0 Å². The fourth-order valence-electron chi connectivity index (χ4n) is 1.72. The molecule has 0 amide bonds. The molecule has 4 aromatic heterocycles. The van der Waals surface area contributed by atoms with E-state index in [4.69, 9.17) is 0 Å². The van der Waals surface area contributed by atoms with Crippen molar-refractivity contribution >= 4 is 11.3 Å². The molecule has 0 N–H and O–H groups in total. The van der Waals surface area contributed by atoms with Crippen molar-refractivity contribution in [3.63, 3.8) is 0 Å². The highest BCUT2D eigenvalue weighted by Crippen LogP contribution is 1.96. The van der Waals surface area contributed by atoms with Crippen molar-refractivity contribution in [2.45, 2.75) is 41.5 Å². The summed E-state index contributed by atoms with van der Waals surface area (Å²) in [6.07, 6.45) is 7.27. The summed E-state index contributed by atoms with van der Waals surface area (Å²) in [5.41, 5.74) is 7.42. The van der Waals surface area contributed by atoms with Crippen LogP contribution in [0.25, 0.3) is 0 Å². The Kier molecular flexibility index (Phi) is 11.7. The lowest BCUT2D eigenvalue weighted by atomic mass is 10.3. The molecule has 29 heavy (non-hydrogen) atoms. The lowest BCUT2D eigenvalue weighted by Gasteiger charge is -1.89. The highest BCUT2D eigenvalue weighted by Gasteiger charge is 1.83. The molecule has 0 atom stereocenters. The Hall–Kier alpha value is -2.99. The van der Waals surface area contributed by atoms with E-state index in [1.54, 1.807) is 17.5 Å². The quantitative estimate of drug-likeness (QED) is 0.378. The zero-order valence-electron chi connectivity index (χ0n) is 18.0. The molecule has 152 valence electrons. The molecule has 6 heteroatoms. The van der Waals surface area contributed by atoms with Crippen LogP contribution >= 0.6 is 11.3 Å². The molecule has 0 bridgehead atoms. The summed E-state index contributed by atoms with van der Waals surface area (Å²) in [6, 6.07) is 9.92. The number of rotatable bonds is 0. The Balaban J connectivity index is 0.000000194. The van der Waals surface area contributed by atoms with Gasteiger partial charge in [0.1, 0.15) is 5.82 Å². The second kappa shape index (κ2) is 14.1. The molecule has 0 spiro atoms. The van der Waals surface area contributed by atoms with Gasteiger partial charge in [-0.05, 0) is 70.9 Å². The second-order valence-corrected chi connectivity index (χ2v) is 7.10. The average Bonchev–Trinajstić information content (AvgIpc) is 3.20. The van der Waals surface area contributed by atoms with Crippen LogP contribution in [0.2, 0.25) is 0 Å². The minimum absolute atomic E-state index is 0.829. The van der Waals surface area contributed by atoms with Crippen molar-refractivity contribution in [3.8, 4) is 0 Å². The molecule has 4 rings (SSSR count). The van der Waals surface area contributed by atoms with E-state index in [0.29, 0.717) is 0 Å². The molecule has 0 fully saturated rings. The van der Waals surface area contributed by atoms with Gasteiger partial charge in [-0.3, -0.25) is 15.0 Å². The normalized spacial score (nSPS) is 9.03. The third-order valence-corrected chi connectivity index (χ3v) is 4.04. The summed E-state index contributed by atoms with van der Waals surface area (Å²) < 4.78 is 0. The van der Waals surface area contributed by atoms with E-state index >= 15 is 0 Å². The molecule has 0 unspecified atom stereocenters. The van der Waals surface area contributed by atoms with Crippen LogP contribution in [0.5, 0.6) is 0 Å². The van der Waals surface area contributed by atoms with Gasteiger partial charge in [0.05, 0.1) is 5.51 Å². The lowest BCUT2D eigenvalue weighted by molar-refractivity contribution is 1.03. The van der Waals surface area contributed by atoms with E-state index in [-0.39, 0.29) is 0 Å². The van der Waals surface area contributed by atoms with Gasteiger partial charge in [-0.2, -0.15) is 0 Å². The van der Waals surface area contributed by atoms with Gasteiger partial charge in [-0.15, -0.1) is 11.3 Å². The Morgan fingerprint density at radius 2 is 1.24 bits per heavy atom. The summed E-state index contributed by atoms with van der Waals surface area (Å²) in [6.45, 7) is 11.8. The molecule has 4 aromatic rings. The predicted octanol–water partition coefficient (Wildman–Crippen LogP) is 5.63. The highest BCUT2D eigenvalue weighted by atomic mass is 32.1. The Morgan fingerprint density at radius 1 is 0.586 bits per heavy atom. The summed E-state index contributed by atoms with van der Waals surface area (Å²) in [4.78, 5) is 19.9. The predicted molar refractivity (Wildman–Crippen MR) is 121 cm³/mol. The van der Waals surface area contributed by atoms with Gasteiger partial charge >= 0.3 is 0 Å². The first-order valence-corrected chi connectivity index (χ1v) is 10.2. The van der Waals surface area contributed by atoms with Gasteiger partial charge in [-0.1, -0.05) is 12.1 Å². The Bertz CT molecular complexity index is 805. The van der Waals surface area contributed by atoms with Crippen LogP contribution in [0, 0.1) is 41.5 Å². The third kappa shape index (κ3) is 12.9. The van der Waals surface area contributed by atoms with Gasteiger partial charge in [0.25, 0.3) is 0 Å². The van der Waals surface area contributed by atoms with Crippen LogP contribution < -0.4 is 0 Å². The van der Waals surface area contributed by atoms with Crippen molar-refractivity contribution in [1.82, 2.24) is 24.9 Å². The third-order valence-electron chi connectivity index (χ3n) is 3.34. The van der Waals surface area contributed by atoms with Gasteiger partial charge in [-0.25, -0.2) is 9.97 Å². The Labute approximate surface area is 178 Å². The lowest BCUT2D eigenvalue weighted by Crippen LogP contribution is -1.84. The van der Waals surface area contributed by atoms with Crippen molar-refractivity contribution in [2.24, 2.45) is 0 Å². The first-order valence-electron chi connectivity index (χ1n) is 9.23. The summed E-state index contributed by atoms with van der Waals surface area (Å²) in [5.74, 6) is 0.829. The number of pyridine rings is 2. The number of hydrogen-bond donors (Lipinski definition) is 0. The number of nitrogens with zero attached hydrogens (tertiary/aromatic N) is 5. The van der Waals surface area contributed by atoms with Gasteiger partial charge in [0, 0.05) is 47.2 Å². The van der Waals surface area contributed by atoms with Crippen LogP contribution in [0.4, 0.5) is 0 Å². The van der Waals surface area contributed by atoms with Gasteiger partial charge in [0.15, 0.2) is 0 Å². The molecular weight excluding hydrogens is 378 g/mol. The fourth-order valence-corrected chi connectivity index (χ4v) is 2.27. The van der Waals surface area contributed by atoms with E-state index in [1.807, 2.05) is 95.3 Å². The summed E-state index contributed by atoms with van der Waals surface area (Å²) >= 11 is 1.63. The van der Waals surface area contributed by atoms with Crippen molar-refractivity contribution < 1.29 is 0 Å². The maximum absolute atomic E-state index is 4.08. The number of thiazole rings is 1. The van der Waals surface area contributed by atoms with E-state index in [2.05, 4.69) is 31.0 Å². The zero-order valence-corrected chi connectivity index (χ0v) is 18.8. The first kappa shape index (κ1) is 24.0. The molecule has 0 aliphatic heterocycles. The fraction of sp³-hybridized carbons (Fsp3) is 0.261. The van der Waals surface area contributed by atoms with Crippen LogP contribution in [0.3, 0.4) is 0 Å². The summed E-state index contributed by atoms with van der Waals surface area (Å²) in [7, 11) is 0. The topological polar surface area (TPSA) is 64.5 Å². The van der Waals surface area contributed by atoms with E-state index < -0.39 is 0 Å². The molecule has 5 nitrogen and oxygen atoms in total. The molecule has 0 saturated carbocycles. The molecular formula is C23H29N5S. The molecule has 0 aliphatic carbocycles. The molecule has 0 radical (unpaired) electrons. The highest BCUT2D eigenvalue weighted by molar-refractivity contribution is 7.07. The SMILES string of the molecule is Cc1ccc(C)nc1.Cc1ccccn1.Cc1cnc(C)nc1.Cc1cscn1. The molecule has 4 heterocycles. The van der Waals surface area contributed by atoms with Crippen molar-refractivity contribution in [2.75, 3.05) is 0 Å². The van der Waals surface area contributed by atoms with Crippen molar-refractivity contribution in [3.05, 3.63) is 100 Å². The minimum atomic E-state index is 0.829. The van der Waals surface area contributed by atoms with E-state index in [0.717, 1.165) is 28.5 Å². The number of hydrogen-bond acceptors (Lipinski definition) is 6. The number of aromatic nitrogens is 5. The first-order chi connectivity index (χ1) is 13.9. The standard InChI is InChI=1S/C7H9N.C6H8N2.C6H7N.C4H5NS/c1-6-3-4-7(2)8-5-6;1-5-3-7-6(2)8-4-5;1-6-4-2-3-5-7-6;1-4-2-6-3-5-4/h3-5H,1-2H3;3-4H,1-2H3;2-5H,1H3;2-3H,1H3. The van der Waals surface area contributed by atoms with Gasteiger partial charge < -0.3 is 0 Å². The molecule has 0 saturated heterocycles. The van der Waals surface area contributed by atoms with Crippen LogP contribution in [-0.4, -0.2) is 24.9 Å². The van der Waals surface area contributed by atoms with Gasteiger partial charge in [0.2, 0.25) is 0 Å². The van der Waals surface area contributed by atoms with Crippen LogP contribution in [0.1, 0.15) is 34.0 Å². The maximum Gasteiger partial charge on any atom is 0.125 e. The largest absolute Gasteiger partial charge is 0.262 e. The van der Waals surface area contributed by atoms with Crippen LogP contribution in [-0.2, 0) is 0 Å². The Morgan fingerprint density at radius 3 is 1.55 bits per heavy atom. The van der Waals surface area contributed by atoms with Crippen molar-refractivity contribution in [1.29, 1.82) is 0 Å². The molecule has 0 aromatic carbocycles. The van der Waals surface area contributed by atoms with E-state index in [1.165, 1.54) is 5.56 Å². The smallest absolute Gasteiger partial charge is 0.125 e. The second-order valence-electron chi connectivity index (χ2n) is 6.39. The number of aryl methyl sites for hydroxylation is 6. The molecule has 0 aliphatic rings. The average molecular weight is 408 g/mol. The minimum Gasteiger partial charge on any atom is -0.262 e. The summed E-state index contributed by atoms with van der Waals surface area (Å²) in [5, 5.41) is 2.01.